The molecule has 2 aliphatic rings. The van der Waals surface area contributed by atoms with Crippen molar-refractivity contribution in [3.8, 4) is 17.2 Å². The molecule has 0 spiro atoms. The van der Waals surface area contributed by atoms with Crippen LogP contribution in [-0.4, -0.2) is 29.4 Å². The third-order valence-corrected chi connectivity index (χ3v) is 7.90. The van der Waals surface area contributed by atoms with E-state index in [9.17, 15) is 9.90 Å². The van der Waals surface area contributed by atoms with Gasteiger partial charge in [-0.3, -0.25) is 4.79 Å². The van der Waals surface area contributed by atoms with Crippen LogP contribution in [0.2, 0.25) is 0 Å². The molecule has 1 fully saturated rings. The van der Waals surface area contributed by atoms with E-state index in [0.717, 1.165) is 22.6 Å². The highest BCUT2D eigenvalue weighted by Crippen LogP contribution is 2.52. The monoisotopic (exact) mass is 530 g/mol. The zero-order valence-electron chi connectivity index (χ0n) is 23.3. The number of carbonyl (C=O) groups is 1. The van der Waals surface area contributed by atoms with Crippen molar-refractivity contribution in [3.63, 3.8) is 0 Å². The number of benzene rings is 3. The van der Waals surface area contributed by atoms with Crippen LogP contribution in [0.15, 0.2) is 72.8 Å². The zero-order chi connectivity index (χ0) is 27.8. The van der Waals surface area contributed by atoms with E-state index >= 15 is 0 Å². The maximum atomic E-state index is 12.3. The number of rotatable bonds is 7. The summed E-state index contributed by atoms with van der Waals surface area (Å²) < 4.78 is 25.1. The third kappa shape index (κ3) is 5.91. The van der Waals surface area contributed by atoms with Crippen molar-refractivity contribution in [1.82, 2.24) is 0 Å². The second kappa shape index (κ2) is 10.6. The topological polar surface area (TPSA) is 74.2 Å². The molecular formula is C33H38O6. The Hall–Kier alpha value is -3.51. The molecule has 0 aromatic heterocycles. The molecular weight excluding hydrogens is 492 g/mol. The predicted molar refractivity (Wildman–Crippen MR) is 149 cm³/mol. The largest absolute Gasteiger partial charge is 0.491 e. The van der Waals surface area contributed by atoms with Gasteiger partial charge in [-0.1, -0.05) is 63.2 Å². The van der Waals surface area contributed by atoms with Crippen LogP contribution in [0.3, 0.4) is 0 Å². The number of aliphatic carboxylic acids is 1. The second-order valence-electron chi connectivity index (χ2n) is 12.1. The first-order chi connectivity index (χ1) is 18.5. The van der Waals surface area contributed by atoms with Gasteiger partial charge in [0.05, 0.1) is 12.0 Å². The fourth-order valence-corrected chi connectivity index (χ4v) is 5.54. The quantitative estimate of drug-likeness (QED) is 0.356. The second-order valence-corrected chi connectivity index (χ2v) is 12.1. The molecule has 1 N–H and O–H groups in total. The minimum Gasteiger partial charge on any atom is -0.491 e. The molecule has 1 saturated heterocycles. The van der Waals surface area contributed by atoms with Crippen molar-refractivity contribution in [2.75, 3.05) is 6.61 Å². The molecule has 6 heteroatoms. The van der Waals surface area contributed by atoms with E-state index < -0.39 is 23.6 Å². The van der Waals surface area contributed by atoms with E-state index in [1.54, 1.807) is 0 Å². The first-order valence-electron chi connectivity index (χ1n) is 13.6. The van der Waals surface area contributed by atoms with Gasteiger partial charge in [0.1, 0.15) is 42.2 Å². The van der Waals surface area contributed by atoms with E-state index in [1.165, 1.54) is 5.56 Å². The fourth-order valence-electron chi connectivity index (χ4n) is 5.54. The van der Waals surface area contributed by atoms with Crippen molar-refractivity contribution < 1.29 is 28.8 Å². The van der Waals surface area contributed by atoms with Crippen LogP contribution in [0.25, 0.3) is 0 Å². The summed E-state index contributed by atoms with van der Waals surface area (Å²) in [6.07, 6.45) is -0.517. The smallest absolute Gasteiger partial charge is 0.309 e. The van der Waals surface area contributed by atoms with Gasteiger partial charge in [0.15, 0.2) is 0 Å². The molecule has 2 aliphatic heterocycles. The molecule has 0 aliphatic carbocycles. The van der Waals surface area contributed by atoms with E-state index in [-0.39, 0.29) is 24.0 Å². The summed E-state index contributed by atoms with van der Waals surface area (Å²) in [6.45, 7) is 11.1. The molecule has 39 heavy (non-hydrogen) atoms. The van der Waals surface area contributed by atoms with Gasteiger partial charge in [0, 0.05) is 11.5 Å². The van der Waals surface area contributed by atoms with Gasteiger partial charge in [-0.15, -0.1) is 0 Å². The maximum absolute atomic E-state index is 12.3. The Morgan fingerprint density at radius 1 is 0.974 bits per heavy atom. The van der Waals surface area contributed by atoms with Gasteiger partial charge < -0.3 is 24.1 Å². The summed E-state index contributed by atoms with van der Waals surface area (Å²) in [4.78, 5) is 12.3. The van der Waals surface area contributed by atoms with Crippen molar-refractivity contribution in [2.24, 2.45) is 11.8 Å². The average Bonchev–Trinajstić information content (AvgIpc) is 2.90. The third-order valence-electron chi connectivity index (χ3n) is 7.90. The van der Waals surface area contributed by atoms with Crippen LogP contribution in [-0.2, 0) is 21.6 Å². The molecule has 206 valence electrons. The molecule has 6 nitrogen and oxygen atoms in total. The van der Waals surface area contributed by atoms with E-state index in [1.807, 2.05) is 74.5 Å². The lowest BCUT2D eigenvalue weighted by molar-refractivity contribution is -0.192. The van der Waals surface area contributed by atoms with Crippen LogP contribution < -0.4 is 14.2 Å². The average molecular weight is 531 g/mol. The highest BCUT2D eigenvalue weighted by atomic mass is 16.6. The molecule has 5 rings (SSSR count). The number of hydrogen-bond donors (Lipinski definition) is 1. The standard InChI is InChI=1S/C33H38O6/c1-32(2,3)22-11-13-23(14-12-22)37-20-29-26(31(34)35)18-27-30(38-29)25-17-24(15-16-28(25)39-33(27,4)5)36-19-21-9-7-6-8-10-21/h6-17,26-27,29-30H,18-20H2,1-5H3,(H,34,35)/t26-,27+,29+,30-/m1/s1. The number of carboxylic acid groups (broad SMARTS) is 1. The van der Waals surface area contributed by atoms with Gasteiger partial charge in [-0.25, -0.2) is 0 Å². The zero-order valence-corrected chi connectivity index (χ0v) is 23.3. The summed E-state index contributed by atoms with van der Waals surface area (Å²) in [6, 6.07) is 23.8. The van der Waals surface area contributed by atoms with E-state index in [2.05, 4.69) is 32.9 Å². The molecule has 0 saturated carbocycles. The van der Waals surface area contributed by atoms with Gasteiger partial charge in [-0.05, 0) is 67.1 Å². The van der Waals surface area contributed by atoms with Crippen LogP contribution in [0.4, 0.5) is 0 Å². The summed E-state index contributed by atoms with van der Waals surface area (Å²) in [5, 5.41) is 10.1. The molecule has 3 aromatic rings. The highest BCUT2D eigenvalue weighted by Gasteiger charge is 2.52. The number of hydrogen-bond acceptors (Lipinski definition) is 5. The Labute approximate surface area is 230 Å². The van der Waals surface area contributed by atoms with Gasteiger partial charge in [0.25, 0.3) is 0 Å². The minimum atomic E-state index is -0.883. The molecule has 0 bridgehead atoms. The number of fused-ring (bicyclic) bond motifs is 3. The summed E-state index contributed by atoms with van der Waals surface area (Å²) in [7, 11) is 0. The Bertz CT molecular complexity index is 1290. The van der Waals surface area contributed by atoms with Gasteiger partial charge in [-0.2, -0.15) is 0 Å². The molecule has 2 heterocycles. The van der Waals surface area contributed by atoms with Crippen molar-refractivity contribution in [1.29, 1.82) is 0 Å². The van der Waals surface area contributed by atoms with Crippen LogP contribution in [0.5, 0.6) is 17.2 Å². The normalized spacial score (nSPS) is 23.6. The van der Waals surface area contributed by atoms with Crippen molar-refractivity contribution in [3.05, 3.63) is 89.5 Å². The Kier molecular flexibility index (Phi) is 7.34. The lowest BCUT2D eigenvalue weighted by atomic mass is 9.72. The summed E-state index contributed by atoms with van der Waals surface area (Å²) >= 11 is 0. The van der Waals surface area contributed by atoms with E-state index in [0.29, 0.717) is 18.8 Å². The number of ether oxygens (including phenoxy) is 4. The Morgan fingerprint density at radius 2 is 1.67 bits per heavy atom. The van der Waals surface area contributed by atoms with Crippen molar-refractivity contribution >= 4 is 5.97 Å². The van der Waals surface area contributed by atoms with Crippen LogP contribution in [0, 0.1) is 11.8 Å². The molecule has 3 aromatic carbocycles. The van der Waals surface area contributed by atoms with Gasteiger partial charge in [0.2, 0.25) is 0 Å². The lowest BCUT2D eigenvalue weighted by Gasteiger charge is -2.50. The number of carboxylic acids is 1. The van der Waals surface area contributed by atoms with Crippen molar-refractivity contribution in [2.45, 2.75) is 70.9 Å². The molecule has 0 radical (unpaired) electrons. The Morgan fingerprint density at radius 3 is 2.33 bits per heavy atom. The first-order valence-corrected chi connectivity index (χ1v) is 13.6. The molecule has 4 atom stereocenters. The fraction of sp³-hybridized carbons (Fsp3) is 0.424. The molecule has 0 amide bonds. The maximum Gasteiger partial charge on any atom is 0.309 e. The summed E-state index contributed by atoms with van der Waals surface area (Å²) in [5.41, 5.74) is 2.62. The highest BCUT2D eigenvalue weighted by molar-refractivity contribution is 5.71. The van der Waals surface area contributed by atoms with E-state index in [4.69, 9.17) is 18.9 Å². The Balaban J connectivity index is 1.36. The minimum absolute atomic E-state index is 0.0430. The van der Waals surface area contributed by atoms with Crippen LogP contribution in [0.1, 0.15) is 63.8 Å². The predicted octanol–water partition coefficient (Wildman–Crippen LogP) is 6.96. The van der Waals surface area contributed by atoms with Gasteiger partial charge >= 0.3 is 5.97 Å². The lowest BCUT2D eigenvalue weighted by Crippen LogP contribution is -2.53. The van der Waals surface area contributed by atoms with Crippen LogP contribution >= 0.6 is 0 Å². The first kappa shape index (κ1) is 27.1. The SMILES string of the molecule is CC(C)(C)c1ccc(OC[C@@H]2O[C@@H]3c4cc(OCc5ccccc5)ccc4OC(C)(C)[C@H]3C[C@H]2C(=O)O)cc1. The summed E-state index contributed by atoms with van der Waals surface area (Å²) in [5.74, 6) is 0.420. The molecule has 0 unspecified atom stereocenters.